The maximum absolute atomic E-state index is 5.90. The Bertz CT molecular complexity index is 742. The van der Waals surface area contributed by atoms with Gasteiger partial charge in [-0.2, -0.15) is 12.6 Å². The summed E-state index contributed by atoms with van der Waals surface area (Å²) >= 11 is 5.93. The van der Waals surface area contributed by atoms with E-state index in [1.807, 2.05) is 18.2 Å². The summed E-state index contributed by atoms with van der Waals surface area (Å²) in [5.74, 6) is 1.22. The van der Waals surface area contributed by atoms with Crippen LogP contribution in [0.2, 0.25) is 0 Å². The van der Waals surface area contributed by atoms with Crippen LogP contribution in [-0.2, 0) is 6.61 Å². The molecule has 0 aliphatic heterocycles. The van der Waals surface area contributed by atoms with Gasteiger partial charge in [-0.25, -0.2) is 4.98 Å². The molecule has 23 heavy (non-hydrogen) atoms. The van der Waals surface area contributed by atoms with Crippen LogP contribution in [0.5, 0.6) is 5.88 Å². The fraction of sp³-hybridized carbons (Fsp3) is 0.235. The molecule has 0 amide bonds. The summed E-state index contributed by atoms with van der Waals surface area (Å²) in [5.41, 5.74) is 6.73. The fourth-order valence-electron chi connectivity index (χ4n) is 2.19. The van der Waals surface area contributed by atoms with E-state index < -0.39 is 0 Å². The van der Waals surface area contributed by atoms with Gasteiger partial charge in [0.25, 0.3) is 0 Å². The molecule has 2 heterocycles. The lowest BCUT2D eigenvalue weighted by Crippen LogP contribution is -2.30. The van der Waals surface area contributed by atoms with Crippen LogP contribution >= 0.6 is 24.0 Å². The van der Waals surface area contributed by atoms with Gasteiger partial charge < -0.3 is 15.8 Å². The Balaban J connectivity index is 1.67. The predicted octanol–water partition coefficient (Wildman–Crippen LogP) is 3.54. The van der Waals surface area contributed by atoms with Gasteiger partial charge in [-0.3, -0.25) is 0 Å². The molecule has 0 saturated heterocycles. The van der Waals surface area contributed by atoms with E-state index in [1.54, 1.807) is 17.5 Å². The normalized spacial score (nSPS) is 12.3. The Morgan fingerprint density at radius 3 is 2.96 bits per heavy atom. The van der Waals surface area contributed by atoms with Crippen molar-refractivity contribution in [3.63, 3.8) is 0 Å². The van der Waals surface area contributed by atoms with Gasteiger partial charge in [-0.05, 0) is 29.7 Å². The number of benzene rings is 1. The lowest BCUT2D eigenvalue weighted by Gasteiger charge is -2.14. The summed E-state index contributed by atoms with van der Waals surface area (Å²) in [7, 11) is 0. The first-order valence-electron chi connectivity index (χ1n) is 7.42. The van der Waals surface area contributed by atoms with Crippen molar-refractivity contribution < 1.29 is 4.74 Å². The molecule has 4 nitrogen and oxygen atoms in total. The third-order valence-corrected chi connectivity index (χ3v) is 4.95. The Hall–Kier alpha value is -1.76. The Morgan fingerprint density at radius 1 is 1.26 bits per heavy atom. The molecule has 3 aromatic rings. The van der Waals surface area contributed by atoms with Crippen LogP contribution in [-0.4, -0.2) is 23.3 Å². The average Bonchev–Trinajstić information content (AvgIpc) is 3.01. The third kappa shape index (κ3) is 4.16. The van der Waals surface area contributed by atoms with Crippen molar-refractivity contribution in [2.75, 3.05) is 17.6 Å². The number of rotatable bonds is 7. The van der Waals surface area contributed by atoms with Crippen LogP contribution in [0.4, 0.5) is 5.69 Å². The van der Waals surface area contributed by atoms with Crippen LogP contribution in [0.15, 0.2) is 48.7 Å². The maximum Gasteiger partial charge on any atom is 0.237 e. The number of anilines is 1. The molecule has 0 saturated carbocycles. The summed E-state index contributed by atoms with van der Waals surface area (Å²) in [6, 6.07) is 14.3. The molecule has 0 bridgehead atoms. The van der Waals surface area contributed by atoms with Crippen LogP contribution in [0.1, 0.15) is 4.88 Å². The number of nitrogens with zero attached hydrogens (tertiary/aromatic N) is 1. The van der Waals surface area contributed by atoms with Crippen LogP contribution in [0.3, 0.4) is 0 Å². The first-order chi connectivity index (χ1) is 11.3. The lowest BCUT2D eigenvalue weighted by molar-refractivity contribution is 0.299. The second-order valence-electron chi connectivity index (χ2n) is 5.22. The highest BCUT2D eigenvalue weighted by atomic mass is 32.1. The average molecular weight is 345 g/mol. The van der Waals surface area contributed by atoms with E-state index in [2.05, 4.69) is 47.2 Å². The number of nitrogens with one attached hydrogen (secondary N) is 1. The number of hydrogen-bond acceptors (Lipinski definition) is 6. The number of aromatic nitrogens is 1. The molecule has 0 radical (unpaired) electrons. The minimum atomic E-state index is -0.00557. The van der Waals surface area contributed by atoms with Gasteiger partial charge in [0.15, 0.2) is 0 Å². The topological polar surface area (TPSA) is 60.2 Å². The number of thiol groups is 1. The summed E-state index contributed by atoms with van der Waals surface area (Å²) in [4.78, 5) is 5.49. The fourth-order valence-corrected chi connectivity index (χ4v) is 3.30. The summed E-state index contributed by atoms with van der Waals surface area (Å²) < 4.78 is 7.16. The molecule has 0 fully saturated rings. The molecule has 120 valence electrons. The number of nitrogens with two attached hydrogens (primary N) is 1. The number of pyridine rings is 1. The van der Waals surface area contributed by atoms with Crippen molar-refractivity contribution in [2.24, 2.45) is 5.73 Å². The number of hydrogen-bond donors (Lipinski definition) is 3. The van der Waals surface area contributed by atoms with Crippen LogP contribution in [0.25, 0.3) is 10.1 Å². The molecule has 2 aromatic heterocycles. The van der Waals surface area contributed by atoms with E-state index in [1.165, 1.54) is 15.0 Å². The molecule has 6 heteroatoms. The second kappa shape index (κ2) is 7.68. The minimum Gasteiger partial charge on any atom is -0.470 e. The van der Waals surface area contributed by atoms with Gasteiger partial charge in [0.2, 0.25) is 5.88 Å². The molecule has 1 atom stereocenters. The molecule has 0 aliphatic carbocycles. The third-order valence-electron chi connectivity index (χ3n) is 3.39. The Morgan fingerprint density at radius 2 is 2.13 bits per heavy atom. The highest BCUT2D eigenvalue weighted by molar-refractivity contribution is 7.80. The largest absolute Gasteiger partial charge is 0.470 e. The van der Waals surface area contributed by atoms with Crippen LogP contribution in [0, 0.1) is 0 Å². The molecule has 3 N–H and O–H groups in total. The smallest absolute Gasteiger partial charge is 0.237 e. The molecule has 3 rings (SSSR count). The van der Waals surface area contributed by atoms with E-state index in [0.717, 1.165) is 5.69 Å². The SMILES string of the molecule is NC(CS)CNc1cccnc1OCc1cc2ccccc2s1. The number of thiophene rings is 1. The van der Waals surface area contributed by atoms with E-state index in [4.69, 9.17) is 10.5 Å². The van der Waals surface area contributed by atoms with Gasteiger partial charge in [0.05, 0.1) is 5.69 Å². The molecular weight excluding hydrogens is 326 g/mol. The monoisotopic (exact) mass is 345 g/mol. The zero-order valence-corrected chi connectivity index (χ0v) is 14.3. The van der Waals surface area contributed by atoms with Crippen molar-refractivity contribution in [3.05, 3.63) is 53.5 Å². The lowest BCUT2D eigenvalue weighted by atomic mass is 10.2. The van der Waals surface area contributed by atoms with Gasteiger partial charge >= 0.3 is 0 Å². The first-order valence-corrected chi connectivity index (χ1v) is 8.87. The summed E-state index contributed by atoms with van der Waals surface area (Å²) in [5, 5.41) is 4.51. The number of fused-ring (bicyclic) bond motifs is 1. The van der Waals surface area contributed by atoms with Gasteiger partial charge in [-0.15, -0.1) is 11.3 Å². The van der Waals surface area contributed by atoms with E-state index in [-0.39, 0.29) is 6.04 Å². The summed E-state index contributed by atoms with van der Waals surface area (Å²) in [6.07, 6.45) is 1.73. The highest BCUT2D eigenvalue weighted by Gasteiger charge is 2.08. The minimum absolute atomic E-state index is 0.00557. The number of ether oxygens (including phenoxy) is 1. The molecule has 0 aliphatic rings. The van der Waals surface area contributed by atoms with Gasteiger partial charge in [0, 0.05) is 34.1 Å². The van der Waals surface area contributed by atoms with E-state index in [9.17, 15) is 0 Å². The summed E-state index contributed by atoms with van der Waals surface area (Å²) in [6.45, 7) is 1.14. The van der Waals surface area contributed by atoms with E-state index >= 15 is 0 Å². The Kier molecular flexibility index (Phi) is 5.38. The Labute approximate surface area is 145 Å². The standard InChI is InChI=1S/C17H19N3OS2/c18-13(11-22)9-20-15-5-3-7-19-17(15)21-10-14-8-12-4-1-2-6-16(12)23-14/h1-8,13,20,22H,9-11,18H2. The molecule has 1 unspecified atom stereocenters. The van der Waals surface area contributed by atoms with Crippen molar-refractivity contribution in [3.8, 4) is 5.88 Å². The zero-order chi connectivity index (χ0) is 16.1. The van der Waals surface area contributed by atoms with Crippen LogP contribution < -0.4 is 15.8 Å². The van der Waals surface area contributed by atoms with E-state index in [0.29, 0.717) is 24.8 Å². The maximum atomic E-state index is 5.90. The zero-order valence-electron chi connectivity index (χ0n) is 12.6. The van der Waals surface area contributed by atoms with Crippen molar-refractivity contribution >= 4 is 39.7 Å². The van der Waals surface area contributed by atoms with Crippen molar-refractivity contribution in [2.45, 2.75) is 12.6 Å². The molecule has 0 spiro atoms. The quantitative estimate of drug-likeness (QED) is 0.573. The molecule has 1 aromatic carbocycles. The highest BCUT2D eigenvalue weighted by Crippen LogP contribution is 2.27. The van der Waals surface area contributed by atoms with Gasteiger partial charge in [0.1, 0.15) is 6.61 Å². The molecular formula is C17H19N3OS2. The predicted molar refractivity (Wildman–Crippen MR) is 101 cm³/mol. The first kappa shape index (κ1) is 16.1. The van der Waals surface area contributed by atoms with Gasteiger partial charge in [-0.1, -0.05) is 18.2 Å². The van der Waals surface area contributed by atoms with Crippen molar-refractivity contribution in [1.29, 1.82) is 0 Å². The van der Waals surface area contributed by atoms with Crippen molar-refractivity contribution in [1.82, 2.24) is 4.98 Å². The second-order valence-corrected chi connectivity index (χ2v) is 6.75.